The molecule has 106 valence electrons. The summed E-state index contributed by atoms with van der Waals surface area (Å²) in [4.78, 5) is 0. The minimum atomic E-state index is 0.518. The van der Waals surface area contributed by atoms with Gasteiger partial charge in [0.15, 0.2) is 0 Å². The molecule has 0 saturated heterocycles. The number of ether oxygens (including phenoxy) is 2. The number of para-hydroxylation sites is 1. The molecule has 20 heavy (non-hydrogen) atoms. The van der Waals surface area contributed by atoms with Crippen molar-refractivity contribution in [1.82, 2.24) is 0 Å². The van der Waals surface area contributed by atoms with E-state index in [0.29, 0.717) is 13.2 Å². The summed E-state index contributed by atoms with van der Waals surface area (Å²) < 4.78 is 12.0. The van der Waals surface area contributed by atoms with Crippen LogP contribution in [0.2, 0.25) is 0 Å². The van der Waals surface area contributed by atoms with Gasteiger partial charge in [0.25, 0.3) is 0 Å². The monoisotopic (exact) mass is 335 g/mol. The lowest BCUT2D eigenvalue weighted by molar-refractivity contribution is 0.300. The maximum absolute atomic E-state index is 5.94. The molecular formula is C16H18BrNO2. The van der Waals surface area contributed by atoms with E-state index in [2.05, 4.69) is 15.9 Å². The summed E-state index contributed by atoms with van der Waals surface area (Å²) in [6.07, 6.45) is 0.803. The average Bonchev–Trinajstić information content (AvgIpc) is 2.47. The van der Waals surface area contributed by atoms with E-state index in [1.807, 2.05) is 42.5 Å². The van der Waals surface area contributed by atoms with E-state index in [9.17, 15) is 0 Å². The number of hydrogen-bond acceptors (Lipinski definition) is 3. The molecule has 3 nitrogen and oxygen atoms in total. The molecule has 4 heteroatoms. The highest BCUT2D eigenvalue weighted by atomic mass is 79.9. The minimum absolute atomic E-state index is 0.518. The van der Waals surface area contributed by atoms with Gasteiger partial charge in [-0.3, -0.25) is 0 Å². The van der Waals surface area contributed by atoms with Crippen molar-refractivity contribution in [1.29, 1.82) is 0 Å². The third-order valence-corrected chi connectivity index (χ3v) is 3.63. The molecule has 0 bridgehead atoms. The Kier molecular flexibility index (Phi) is 5.44. The van der Waals surface area contributed by atoms with Crippen LogP contribution in [0.4, 0.5) is 0 Å². The van der Waals surface area contributed by atoms with Crippen LogP contribution < -0.4 is 15.2 Å². The topological polar surface area (TPSA) is 44.5 Å². The van der Waals surface area contributed by atoms with Gasteiger partial charge in [-0.2, -0.15) is 0 Å². The number of benzene rings is 2. The highest BCUT2D eigenvalue weighted by Gasteiger charge is 2.08. The van der Waals surface area contributed by atoms with Crippen LogP contribution >= 0.6 is 15.9 Å². The molecule has 0 aliphatic rings. The first kappa shape index (κ1) is 14.9. The highest BCUT2D eigenvalue weighted by Crippen LogP contribution is 2.30. The summed E-state index contributed by atoms with van der Waals surface area (Å²) in [5.74, 6) is 1.72. The van der Waals surface area contributed by atoms with E-state index in [1.165, 1.54) is 0 Å². The van der Waals surface area contributed by atoms with Crippen molar-refractivity contribution in [2.45, 2.75) is 13.0 Å². The van der Waals surface area contributed by atoms with Gasteiger partial charge >= 0.3 is 0 Å². The number of nitrogens with two attached hydrogens (primary N) is 1. The third kappa shape index (κ3) is 3.74. The van der Waals surface area contributed by atoms with E-state index < -0.39 is 0 Å². The predicted octanol–water partition coefficient (Wildman–Crippen LogP) is 3.54. The van der Waals surface area contributed by atoms with Crippen LogP contribution in [0.3, 0.4) is 0 Å². The van der Waals surface area contributed by atoms with Gasteiger partial charge in [-0.05, 0) is 58.2 Å². The van der Waals surface area contributed by atoms with Gasteiger partial charge in [0.2, 0.25) is 0 Å². The van der Waals surface area contributed by atoms with Crippen molar-refractivity contribution < 1.29 is 9.47 Å². The summed E-state index contributed by atoms with van der Waals surface area (Å²) >= 11 is 3.53. The molecule has 0 aliphatic heterocycles. The van der Waals surface area contributed by atoms with Gasteiger partial charge in [0, 0.05) is 0 Å². The Morgan fingerprint density at radius 1 is 1.10 bits per heavy atom. The largest absolute Gasteiger partial charge is 0.497 e. The Hall–Kier alpha value is -1.52. The van der Waals surface area contributed by atoms with Crippen LogP contribution in [0, 0.1) is 0 Å². The molecule has 2 aromatic rings. The van der Waals surface area contributed by atoms with Crippen molar-refractivity contribution in [3.05, 3.63) is 58.1 Å². The molecule has 0 spiro atoms. The number of halogens is 1. The Bertz CT molecular complexity index is 555. The lowest BCUT2D eigenvalue weighted by Gasteiger charge is -2.13. The maximum atomic E-state index is 5.94. The molecule has 2 N–H and O–H groups in total. The second-order valence-corrected chi connectivity index (χ2v) is 5.26. The zero-order chi connectivity index (χ0) is 14.4. The summed E-state index contributed by atoms with van der Waals surface area (Å²) in [5.41, 5.74) is 7.85. The molecule has 0 atom stereocenters. The highest BCUT2D eigenvalue weighted by molar-refractivity contribution is 9.10. The summed E-state index contributed by atoms with van der Waals surface area (Å²) in [6.45, 7) is 1.12. The Morgan fingerprint density at radius 2 is 1.85 bits per heavy atom. The molecule has 0 radical (unpaired) electrons. The summed E-state index contributed by atoms with van der Waals surface area (Å²) in [5, 5.41) is 0. The van der Waals surface area contributed by atoms with E-state index in [-0.39, 0.29) is 0 Å². The quantitative estimate of drug-likeness (QED) is 0.878. The summed E-state index contributed by atoms with van der Waals surface area (Å²) in [6, 6.07) is 13.9. The van der Waals surface area contributed by atoms with Crippen LogP contribution in [-0.2, 0) is 13.0 Å². The standard InChI is InChI=1S/C16H18BrNO2/c1-19-14-7-5-12(6-8-14)11-20-16-13(9-10-18)3-2-4-15(16)17/h2-8H,9-11,18H2,1H3. The Labute approximate surface area is 127 Å². The first-order chi connectivity index (χ1) is 9.74. The molecule has 0 fully saturated rings. The molecular weight excluding hydrogens is 318 g/mol. The molecule has 0 aliphatic carbocycles. The molecule has 2 rings (SSSR count). The van der Waals surface area contributed by atoms with Gasteiger partial charge in [-0.25, -0.2) is 0 Å². The number of rotatable bonds is 6. The van der Waals surface area contributed by atoms with Crippen molar-refractivity contribution in [3.63, 3.8) is 0 Å². The van der Waals surface area contributed by atoms with Gasteiger partial charge in [-0.1, -0.05) is 24.3 Å². The lowest BCUT2D eigenvalue weighted by atomic mass is 10.1. The zero-order valence-electron chi connectivity index (χ0n) is 11.4. The van der Waals surface area contributed by atoms with Crippen molar-refractivity contribution >= 4 is 15.9 Å². The van der Waals surface area contributed by atoms with E-state index in [0.717, 1.165) is 33.5 Å². The van der Waals surface area contributed by atoms with Crippen LogP contribution in [0.1, 0.15) is 11.1 Å². The van der Waals surface area contributed by atoms with Gasteiger partial charge in [0.1, 0.15) is 18.1 Å². The third-order valence-electron chi connectivity index (χ3n) is 3.00. The second kappa shape index (κ2) is 7.31. The molecule has 0 aromatic heterocycles. The molecule has 0 heterocycles. The molecule has 0 unspecified atom stereocenters. The maximum Gasteiger partial charge on any atom is 0.137 e. The van der Waals surface area contributed by atoms with Crippen molar-refractivity contribution in [2.75, 3.05) is 13.7 Å². The van der Waals surface area contributed by atoms with E-state index in [4.69, 9.17) is 15.2 Å². The van der Waals surface area contributed by atoms with E-state index in [1.54, 1.807) is 7.11 Å². The Balaban J connectivity index is 2.09. The second-order valence-electron chi connectivity index (χ2n) is 4.40. The molecule has 2 aromatic carbocycles. The van der Waals surface area contributed by atoms with Crippen LogP contribution in [0.25, 0.3) is 0 Å². The molecule has 0 amide bonds. The first-order valence-corrected chi connectivity index (χ1v) is 7.27. The first-order valence-electron chi connectivity index (χ1n) is 6.47. The zero-order valence-corrected chi connectivity index (χ0v) is 13.0. The van der Waals surface area contributed by atoms with Crippen molar-refractivity contribution in [2.24, 2.45) is 5.73 Å². The normalized spacial score (nSPS) is 10.3. The van der Waals surface area contributed by atoms with Gasteiger partial charge in [0.05, 0.1) is 11.6 Å². The van der Waals surface area contributed by atoms with Gasteiger partial charge in [-0.15, -0.1) is 0 Å². The van der Waals surface area contributed by atoms with Crippen LogP contribution in [0.15, 0.2) is 46.9 Å². The fraction of sp³-hybridized carbons (Fsp3) is 0.250. The lowest BCUT2D eigenvalue weighted by Crippen LogP contribution is -2.06. The smallest absolute Gasteiger partial charge is 0.137 e. The summed E-state index contributed by atoms with van der Waals surface area (Å²) in [7, 11) is 1.66. The number of hydrogen-bond donors (Lipinski definition) is 1. The fourth-order valence-corrected chi connectivity index (χ4v) is 2.47. The number of methoxy groups -OCH3 is 1. The van der Waals surface area contributed by atoms with E-state index >= 15 is 0 Å². The SMILES string of the molecule is COc1ccc(COc2c(Br)cccc2CCN)cc1. The molecule has 0 saturated carbocycles. The fourth-order valence-electron chi connectivity index (χ4n) is 1.94. The average molecular weight is 336 g/mol. The minimum Gasteiger partial charge on any atom is -0.497 e. The Morgan fingerprint density at radius 3 is 2.50 bits per heavy atom. The van der Waals surface area contributed by atoms with Gasteiger partial charge < -0.3 is 15.2 Å². The van der Waals surface area contributed by atoms with Crippen LogP contribution in [0.5, 0.6) is 11.5 Å². The van der Waals surface area contributed by atoms with Crippen molar-refractivity contribution in [3.8, 4) is 11.5 Å². The predicted molar refractivity (Wildman–Crippen MR) is 84.2 cm³/mol. The van der Waals surface area contributed by atoms with Crippen LogP contribution in [-0.4, -0.2) is 13.7 Å².